The Hall–Kier alpha value is -0.630. The van der Waals surface area contributed by atoms with Crippen molar-refractivity contribution in [1.82, 2.24) is 4.90 Å². The minimum absolute atomic E-state index is 0.199. The zero-order chi connectivity index (χ0) is 11.9. The monoisotopic (exact) mass is 236 g/mol. The Labute approximate surface area is 103 Å². The lowest BCUT2D eigenvalue weighted by molar-refractivity contribution is -0.930. The molecular weight excluding hydrogens is 214 g/mol. The van der Waals surface area contributed by atoms with Crippen LogP contribution in [0.4, 0.5) is 0 Å². The lowest BCUT2D eigenvalue weighted by atomic mass is 9.71. The second-order valence-corrected chi connectivity index (χ2v) is 6.13. The fraction of sp³-hybridized carbons (Fsp3) is 0.923. The highest BCUT2D eigenvalue weighted by Crippen LogP contribution is 2.42. The predicted octanol–water partition coefficient (Wildman–Crippen LogP) is 0.451. The summed E-state index contributed by atoms with van der Waals surface area (Å²) in [7, 11) is 2.32. The number of piperidine rings is 3. The summed E-state index contributed by atoms with van der Waals surface area (Å²) in [5, 5.41) is 9.79. The second kappa shape index (κ2) is 3.94. The summed E-state index contributed by atoms with van der Waals surface area (Å²) >= 11 is 0. The minimum Gasteiger partial charge on any atom is -0.379 e. The topological polar surface area (TPSA) is 36.3 Å². The van der Waals surface area contributed by atoms with E-state index in [2.05, 4.69) is 18.0 Å². The van der Waals surface area contributed by atoms with E-state index in [-0.39, 0.29) is 5.54 Å². The Bertz CT molecular complexity index is 337. The summed E-state index contributed by atoms with van der Waals surface area (Å²) in [5.41, 5.74) is -0.199. The van der Waals surface area contributed by atoms with E-state index in [9.17, 15) is 5.26 Å². The number of likely N-dealkylation sites (N-methyl/N-ethyl adjacent to an activating group) is 1. The fourth-order valence-corrected chi connectivity index (χ4v) is 4.06. The van der Waals surface area contributed by atoms with Crippen LogP contribution in [-0.4, -0.2) is 67.9 Å². The highest BCUT2D eigenvalue weighted by Gasteiger charge is 2.57. The molecule has 0 spiro atoms. The number of morpholine rings is 1. The first-order valence-electron chi connectivity index (χ1n) is 6.76. The number of hydrogen-bond donors (Lipinski definition) is 0. The molecule has 4 heterocycles. The molecule has 4 nitrogen and oxygen atoms in total. The second-order valence-electron chi connectivity index (χ2n) is 6.13. The van der Waals surface area contributed by atoms with Gasteiger partial charge in [-0.3, -0.25) is 4.90 Å². The zero-order valence-corrected chi connectivity index (χ0v) is 10.7. The fourth-order valence-electron chi connectivity index (χ4n) is 4.06. The average Bonchev–Trinajstić information content (AvgIpc) is 2.39. The van der Waals surface area contributed by atoms with Crippen LogP contribution in [0.25, 0.3) is 0 Å². The molecule has 0 aromatic carbocycles. The molecule has 0 N–H and O–H groups in total. The van der Waals surface area contributed by atoms with Crippen molar-refractivity contribution >= 4 is 0 Å². The smallest absolute Gasteiger partial charge is 0.162 e. The number of nitriles is 1. The van der Waals surface area contributed by atoms with Gasteiger partial charge in [-0.2, -0.15) is 5.26 Å². The maximum absolute atomic E-state index is 9.79. The van der Waals surface area contributed by atoms with Crippen molar-refractivity contribution in [2.24, 2.45) is 5.92 Å². The molecular formula is C13H22N3O+. The van der Waals surface area contributed by atoms with Crippen molar-refractivity contribution in [3.8, 4) is 6.07 Å². The van der Waals surface area contributed by atoms with E-state index >= 15 is 0 Å². The van der Waals surface area contributed by atoms with Crippen LogP contribution in [0.3, 0.4) is 0 Å². The number of ether oxygens (including phenoxy) is 1. The highest BCUT2D eigenvalue weighted by molar-refractivity contribution is 5.15. The molecule has 2 bridgehead atoms. The molecule has 17 heavy (non-hydrogen) atoms. The molecule has 4 fully saturated rings. The quantitative estimate of drug-likeness (QED) is 0.620. The third-order valence-corrected chi connectivity index (χ3v) is 5.10. The van der Waals surface area contributed by atoms with Crippen LogP contribution in [0, 0.1) is 17.2 Å². The molecule has 0 unspecified atom stereocenters. The van der Waals surface area contributed by atoms with Gasteiger partial charge in [-0.1, -0.05) is 0 Å². The van der Waals surface area contributed by atoms with Crippen molar-refractivity contribution in [2.45, 2.75) is 18.4 Å². The van der Waals surface area contributed by atoms with Crippen LogP contribution in [0.2, 0.25) is 0 Å². The van der Waals surface area contributed by atoms with Crippen molar-refractivity contribution in [3.05, 3.63) is 0 Å². The number of quaternary nitrogens is 1. The SMILES string of the molecule is C[N+]12CCC(CC1)[C@@](C#N)(N1CCOCC1)C2. The number of fused-ring (bicyclic) bond motifs is 3. The van der Waals surface area contributed by atoms with Crippen LogP contribution in [0.1, 0.15) is 12.8 Å². The van der Waals surface area contributed by atoms with Crippen molar-refractivity contribution < 1.29 is 9.22 Å². The van der Waals surface area contributed by atoms with Gasteiger partial charge in [0.05, 0.1) is 39.4 Å². The van der Waals surface area contributed by atoms with Gasteiger partial charge < -0.3 is 9.22 Å². The third-order valence-electron chi connectivity index (χ3n) is 5.10. The molecule has 1 atom stereocenters. The van der Waals surface area contributed by atoms with E-state index in [1.165, 1.54) is 25.9 Å². The molecule has 0 aromatic heterocycles. The first-order valence-corrected chi connectivity index (χ1v) is 6.76. The summed E-state index contributed by atoms with van der Waals surface area (Å²) < 4.78 is 6.53. The molecule has 4 aliphatic rings. The Morgan fingerprint density at radius 2 is 1.94 bits per heavy atom. The minimum atomic E-state index is -0.199. The summed E-state index contributed by atoms with van der Waals surface area (Å²) in [4.78, 5) is 2.41. The molecule has 0 amide bonds. The number of nitrogens with zero attached hydrogens (tertiary/aromatic N) is 3. The Morgan fingerprint density at radius 1 is 1.29 bits per heavy atom. The molecule has 0 aromatic rings. The zero-order valence-electron chi connectivity index (χ0n) is 10.7. The lowest BCUT2D eigenvalue weighted by Gasteiger charge is -2.57. The molecule has 0 aliphatic carbocycles. The van der Waals surface area contributed by atoms with Gasteiger partial charge in [0, 0.05) is 31.8 Å². The summed E-state index contributed by atoms with van der Waals surface area (Å²) in [5.74, 6) is 0.588. The van der Waals surface area contributed by atoms with Gasteiger partial charge in [0.1, 0.15) is 6.54 Å². The van der Waals surface area contributed by atoms with Gasteiger partial charge in [-0.15, -0.1) is 0 Å². The lowest BCUT2D eigenvalue weighted by Crippen LogP contribution is -2.73. The van der Waals surface area contributed by atoms with Crippen molar-refractivity contribution in [1.29, 1.82) is 5.26 Å². The normalized spacial score (nSPS) is 46.7. The van der Waals surface area contributed by atoms with Crippen LogP contribution >= 0.6 is 0 Å². The summed E-state index contributed by atoms with van der Waals surface area (Å²) in [6, 6.07) is 2.70. The summed E-state index contributed by atoms with van der Waals surface area (Å²) in [6.07, 6.45) is 2.45. The molecule has 4 heteroatoms. The maximum atomic E-state index is 9.79. The average molecular weight is 236 g/mol. The van der Waals surface area contributed by atoms with E-state index in [1.807, 2.05) is 0 Å². The van der Waals surface area contributed by atoms with E-state index in [0.717, 1.165) is 37.3 Å². The van der Waals surface area contributed by atoms with Gasteiger partial charge in [-0.25, -0.2) is 0 Å². The van der Waals surface area contributed by atoms with Gasteiger partial charge in [0.25, 0.3) is 0 Å². The maximum Gasteiger partial charge on any atom is 0.162 e. The summed E-state index contributed by atoms with van der Waals surface area (Å²) in [6.45, 7) is 7.00. The van der Waals surface area contributed by atoms with Crippen LogP contribution in [-0.2, 0) is 4.74 Å². The Balaban J connectivity index is 1.89. The molecule has 94 valence electrons. The van der Waals surface area contributed by atoms with E-state index in [4.69, 9.17) is 4.74 Å². The Morgan fingerprint density at radius 3 is 2.47 bits per heavy atom. The van der Waals surface area contributed by atoms with Crippen LogP contribution in [0.15, 0.2) is 0 Å². The largest absolute Gasteiger partial charge is 0.379 e. The first-order chi connectivity index (χ1) is 8.19. The van der Waals surface area contributed by atoms with Crippen LogP contribution in [0.5, 0.6) is 0 Å². The predicted molar refractivity (Wildman–Crippen MR) is 64.2 cm³/mol. The van der Waals surface area contributed by atoms with Gasteiger partial charge >= 0.3 is 0 Å². The molecule has 4 rings (SSSR count). The van der Waals surface area contributed by atoms with Gasteiger partial charge in [0.2, 0.25) is 0 Å². The third kappa shape index (κ3) is 1.69. The van der Waals surface area contributed by atoms with E-state index in [1.54, 1.807) is 0 Å². The first kappa shape index (κ1) is 11.5. The van der Waals surface area contributed by atoms with Crippen molar-refractivity contribution in [2.75, 3.05) is 53.0 Å². The van der Waals surface area contributed by atoms with E-state index < -0.39 is 0 Å². The van der Waals surface area contributed by atoms with Gasteiger partial charge in [-0.05, 0) is 0 Å². The molecule has 0 radical (unpaired) electrons. The highest BCUT2D eigenvalue weighted by atomic mass is 16.5. The standard InChI is InChI=1S/C13H22N3O/c1-16-6-2-12(3-7-16)13(10-14,11-16)15-4-8-17-9-5-15/h12H,2-9,11H2,1H3/q+1/t12?,13-,16?/m0/s1. The molecule has 0 saturated carbocycles. The molecule has 4 aliphatic heterocycles. The van der Waals surface area contributed by atoms with E-state index in [0.29, 0.717) is 5.92 Å². The molecule has 4 saturated heterocycles. The van der Waals surface area contributed by atoms with Crippen LogP contribution < -0.4 is 0 Å². The number of hydrogen-bond acceptors (Lipinski definition) is 3. The Kier molecular flexibility index (Phi) is 2.66. The number of rotatable bonds is 1. The van der Waals surface area contributed by atoms with Gasteiger partial charge in [0.15, 0.2) is 5.54 Å². The van der Waals surface area contributed by atoms with Crippen molar-refractivity contribution in [3.63, 3.8) is 0 Å².